The molecule has 1 saturated carbocycles. The van der Waals surface area contributed by atoms with Crippen LogP contribution in [0.1, 0.15) is 45.6 Å². The highest BCUT2D eigenvalue weighted by molar-refractivity contribution is 5.69. The molecule has 126 valence electrons. The van der Waals surface area contributed by atoms with E-state index in [1.165, 1.54) is 0 Å². The van der Waals surface area contributed by atoms with Gasteiger partial charge in [0.2, 0.25) is 0 Å². The summed E-state index contributed by atoms with van der Waals surface area (Å²) in [6.45, 7) is 7.49. The zero-order valence-corrected chi connectivity index (χ0v) is 13.9. The standard InChI is InChI=1S/C17H23NO5/c1-5-21-16(20)22-12-8-6-11(7-9-12)13-10-14(13)18-15(19)23-17(2,3)4/h6-9,13-14H,5,10H2,1-4H3,(H,18,19)/t13-,14+/m0/s1. The molecule has 1 aliphatic rings. The highest BCUT2D eigenvalue weighted by atomic mass is 16.7. The Bertz CT molecular complexity index is 561. The second-order valence-electron chi connectivity index (χ2n) is 6.45. The molecule has 0 saturated heterocycles. The van der Waals surface area contributed by atoms with Gasteiger partial charge in [0.05, 0.1) is 6.61 Å². The van der Waals surface area contributed by atoms with Crippen LogP contribution in [0.5, 0.6) is 5.75 Å². The van der Waals surface area contributed by atoms with Gasteiger partial charge in [0.1, 0.15) is 11.4 Å². The Balaban J connectivity index is 1.83. The van der Waals surface area contributed by atoms with Crippen molar-refractivity contribution in [2.45, 2.75) is 51.7 Å². The lowest BCUT2D eigenvalue weighted by Gasteiger charge is -2.19. The molecule has 1 aromatic carbocycles. The van der Waals surface area contributed by atoms with Crippen molar-refractivity contribution < 1.29 is 23.8 Å². The molecule has 0 spiro atoms. The summed E-state index contributed by atoms with van der Waals surface area (Å²) in [6, 6.07) is 7.29. The molecule has 2 rings (SSSR count). The summed E-state index contributed by atoms with van der Waals surface area (Å²) in [5, 5.41) is 2.86. The molecule has 0 aromatic heterocycles. The maximum absolute atomic E-state index is 11.7. The first kappa shape index (κ1) is 17.1. The minimum Gasteiger partial charge on any atom is -0.444 e. The van der Waals surface area contributed by atoms with E-state index in [-0.39, 0.29) is 18.6 Å². The van der Waals surface area contributed by atoms with Crippen LogP contribution in [0.4, 0.5) is 9.59 Å². The molecule has 1 aromatic rings. The van der Waals surface area contributed by atoms with Gasteiger partial charge in [0.25, 0.3) is 0 Å². The Morgan fingerprint density at radius 3 is 2.43 bits per heavy atom. The third-order valence-corrected chi connectivity index (χ3v) is 3.26. The van der Waals surface area contributed by atoms with E-state index in [2.05, 4.69) is 5.32 Å². The number of rotatable bonds is 4. The summed E-state index contributed by atoms with van der Waals surface area (Å²) in [4.78, 5) is 22.9. The number of amides is 1. The van der Waals surface area contributed by atoms with E-state index in [0.717, 1.165) is 12.0 Å². The van der Waals surface area contributed by atoms with Crippen LogP contribution in [0.2, 0.25) is 0 Å². The zero-order chi connectivity index (χ0) is 17.0. The first-order valence-corrected chi connectivity index (χ1v) is 7.72. The van der Waals surface area contributed by atoms with Crippen LogP contribution in [0.15, 0.2) is 24.3 Å². The first-order valence-electron chi connectivity index (χ1n) is 7.72. The van der Waals surface area contributed by atoms with Gasteiger partial charge >= 0.3 is 12.2 Å². The zero-order valence-electron chi connectivity index (χ0n) is 13.9. The van der Waals surface area contributed by atoms with E-state index < -0.39 is 17.8 Å². The van der Waals surface area contributed by atoms with Crippen LogP contribution < -0.4 is 10.1 Å². The lowest BCUT2D eigenvalue weighted by Crippen LogP contribution is -2.34. The van der Waals surface area contributed by atoms with Crippen molar-refractivity contribution in [3.05, 3.63) is 29.8 Å². The van der Waals surface area contributed by atoms with Gasteiger partial charge in [-0.25, -0.2) is 9.59 Å². The first-order chi connectivity index (χ1) is 10.8. The molecule has 6 nitrogen and oxygen atoms in total. The predicted octanol–water partition coefficient (Wildman–Crippen LogP) is 3.60. The molecule has 23 heavy (non-hydrogen) atoms. The van der Waals surface area contributed by atoms with E-state index in [0.29, 0.717) is 5.75 Å². The summed E-state index contributed by atoms with van der Waals surface area (Å²) in [5.74, 6) is 0.698. The van der Waals surface area contributed by atoms with E-state index in [1.54, 1.807) is 19.1 Å². The van der Waals surface area contributed by atoms with Gasteiger partial charge in [-0.2, -0.15) is 0 Å². The number of benzene rings is 1. The lowest BCUT2D eigenvalue weighted by molar-refractivity contribution is 0.0522. The van der Waals surface area contributed by atoms with Gasteiger partial charge in [-0.05, 0) is 51.8 Å². The van der Waals surface area contributed by atoms with Crippen LogP contribution >= 0.6 is 0 Å². The lowest BCUT2D eigenvalue weighted by atomic mass is 10.1. The SMILES string of the molecule is CCOC(=O)Oc1ccc([C@@H]2C[C@H]2NC(=O)OC(C)(C)C)cc1. The molecular formula is C17H23NO5. The summed E-state index contributed by atoms with van der Waals surface area (Å²) >= 11 is 0. The Morgan fingerprint density at radius 1 is 1.22 bits per heavy atom. The van der Waals surface area contributed by atoms with Crippen LogP contribution in [0, 0.1) is 0 Å². The normalized spacial score (nSPS) is 19.7. The summed E-state index contributed by atoms with van der Waals surface area (Å²) in [6.07, 6.45) is -0.236. The molecule has 0 aliphatic heterocycles. The molecule has 0 unspecified atom stereocenters. The Kier molecular flexibility index (Phi) is 5.13. The summed E-state index contributed by atoms with van der Waals surface area (Å²) < 4.78 is 15.0. The number of hydrogen-bond donors (Lipinski definition) is 1. The molecule has 0 radical (unpaired) electrons. The van der Waals surface area contributed by atoms with Gasteiger partial charge in [-0.3, -0.25) is 0 Å². The van der Waals surface area contributed by atoms with Crippen LogP contribution in [-0.4, -0.2) is 30.5 Å². The van der Waals surface area contributed by atoms with Gasteiger partial charge < -0.3 is 19.5 Å². The minimum atomic E-state index is -0.712. The molecular weight excluding hydrogens is 298 g/mol. The molecule has 2 atom stereocenters. The predicted molar refractivity (Wildman–Crippen MR) is 84.6 cm³/mol. The number of carbonyl (C=O) groups is 2. The number of carbonyl (C=O) groups excluding carboxylic acids is 2. The Labute approximate surface area is 136 Å². The number of nitrogens with one attached hydrogen (secondary N) is 1. The van der Waals surface area contributed by atoms with E-state index in [4.69, 9.17) is 14.2 Å². The van der Waals surface area contributed by atoms with Crippen molar-refractivity contribution >= 4 is 12.2 Å². The quantitative estimate of drug-likeness (QED) is 0.677. The third-order valence-electron chi connectivity index (χ3n) is 3.26. The number of hydrogen-bond acceptors (Lipinski definition) is 5. The average Bonchev–Trinajstić information content (AvgIpc) is 3.16. The second kappa shape index (κ2) is 6.89. The van der Waals surface area contributed by atoms with Crippen molar-refractivity contribution in [2.75, 3.05) is 6.61 Å². The molecule has 1 aliphatic carbocycles. The van der Waals surface area contributed by atoms with Crippen LogP contribution in [-0.2, 0) is 9.47 Å². The average molecular weight is 321 g/mol. The topological polar surface area (TPSA) is 73.9 Å². The van der Waals surface area contributed by atoms with Crippen molar-refractivity contribution in [2.24, 2.45) is 0 Å². The molecule has 1 amide bonds. The maximum Gasteiger partial charge on any atom is 0.513 e. The fraction of sp³-hybridized carbons (Fsp3) is 0.529. The largest absolute Gasteiger partial charge is 0.513 e. The fourth-order valence-corrected chi connectivity index (χ4v) is 2.21. The smallest absolute Gasteiger partial charge is 0.444 e. The number of alkyl carbamates (subject to hydrolysis) is 1. The Hall–Kier alpha value is -2.24. The molecule has 1 N–H and O–H groups in total. The monoisotopic (exact) mass is 321 g/mol. The van der Waals surface area contributed by atoms with E-state index in [1.807, 2.05) is 32.9 Å². The van der Waals surface area contributed by atoms with Crippen molar-refractivity contribution in [3.8, 4) is 5.75 Å². The van der Waals surface area contributed by atoms with E-state index in [9.17, 15) is 9.59 Å². The van der Waals surface area contributed by atoms with Crippen LogP contribution in [0.25, 0.3) is 0 Å². The van der Waals surface area contributed by atoms with Gasteiger partial charge in [-0.1, -0.05) is 12.1 Å². The van der Waals surface area contributed by atoms with Gasteiger partial charge in [0, 0.05) is 12.0 Å². The third kappa shape index (κ3) is 5.47. The Morgan fingerprint density at radius 2 is 1.87 bits per heavy atom. The second-order valence-corrected chi connectivity index (χ2v) is 6.45. The van der Waals surface area contributed by atoms with Crippen molar-refractivity contribution in [1.82, 2.24) is 5.32 Å². The molecule has 0 bridgehead atoms. The summed E-state index contributed by atoms with van der Waals surface area (Å²) in [5.41, 5.74) is 0.586. The maximum atomic E-state index is 11.7. The molecule has 1 fully saturated rings. The van der Waals surface area contributed by atoms with Gasteiger partial charge in [-0.15, -0.1) is 0 Å². The minimum absolute atomic E-state index is 0.0849. The van der Waals surface area contributed by atoms with Crippen molar-refractivity contribution in [1.29, 1.82) is 0 Å². The fourth-order valence-electron chi connectivity index (χ4n) is 2.21. The van der Waals surface area contributed by atoms with Crippen LogP contribution in [0.3, 0.4) is 0 Å². The highest BCUT2D eigenvalue weighted by Crippen LogP contribution is 2.41. The van der Waals surface area contributed by atoms with E-state index >= 15 is 0 Å². The van der Waals surface area contributed by atoms with Gasteiger partial charge in [0.15, 0.2) is 0 Å². The summed E-state index contributed by atoms with van der Waals surface area (Å²) in [7, 11) is 0. The van der Waals surface area contributed by atoms with Crippen molar-refractivity contribution in [3.63, 3.8) is 0 Å². The molecule has 6 heteroatoms. The highest BCUT2D eigenvalue weighted by Gasteiger charge is 2.40. The number of ether oxygens (including phenoxy) is 3. The molecule has 0 heterocycles.